The first-order valence-corrected chi connectivity index (χ1v) is 8.47. The number of hydrogen-bond donors (Lipinski definition) is 4. The van der Waals surface area contributed by atoms with Crippen LogP contribution in [0.5, 0.6) is 0 Å². The van der Waals surface area contributed by atoms with E-state index in [0.717, 1.165) is 45.3 Å². The van der Waals surface area contributed by atoms with Crippen LogP contribution in [0.2, 0.25) is 6.32 Å². The van der Waals surface area contributed by atoms with Crippen molar-refractivity contribution >= 4 is 37.9 Å². The molecule has 3 atom stereocenters. The van der Waals surface area contributed by atoms with Crippen LogP contribution in [0, 0.1) is 11.8 Å². The Morgan fingerprint density at radius 1 is 1.12 bits per heavy atom. The van der Waals surface area contributed by atoms with Gasteiger partial charge in [-0.15, -0.1) is 24.8 Å². The maximum atomic E-state index is 11.2. The molecule has 0 aromatic rings. The molecule has 144 valence electrons. The zero-order valence-corrected chi connectivity index (χ0v) is 16.1. The Morgan fingerprint density at radius 2 is 1.71 bits per heavy atom. The molecular weight excluding hydrogens is 354 g/mol. The van der Waals surface area contributed by atoms with Crippen LogP contribution in [0.25, 0.3) is 0 Å². The molecule has 1 fully saturated rings. The average Bonchev–Trinajstić information content (AvgIpc) is 2.97. The number of halogens is 2. The third-order valence-electron chi connectivity index (χ3n) is 4.76. The Hall–Kier alpha value is -0.0451. The van der Waals surface area contributed by atoms with E-state index < -0.39 is 19.1 Å². The van der Waals surface area contributed by atoms with E-state index in [2.05, 4.69) is 11.8 Å². The van der Waals surface area contributed by atoms with Gasteiger partial charge in [0.1, 0.15) is 6.04 Å². The van der Waals surface area contributed by atoms with Gasteiger partial charge >= 0.3 is 13.1 Å². The standard InChI is InChI=1S/C15H31BN2O4.2ClH/c1-12(6-8-16(21)22)4-5-13(14(17)15(19)20)7-11-18-9-2-3-10-18;;/h12-14,21-22H,2-11,17H2,1H3,(H,19,20);2*1H. The number of carboxylic acid groups (broad SMARTS) is 1. The predicted molar refractivity (Wildman–Crippen MR) is 102 cm³/mol. The smallest absolute Gasteiger partial charge is 0.451 e. The second-order valence-corrected chi connectivity index (χ2v) is 6.70. The summed E-state index contributed by atoms with van der Waals surface area (Å²) in [4.78, 5) is 13.6. The Labute approximate surface area is 158 Å². The monoisotopic (exact) mass is 386 g/mol. The summed E-state index contributed by atoms with van der Waals surface area (Å²) in [5.74, 6) is -0.596. The second kappa shape index (κ2) is 14.2. The molecule has 3 unspecified atom stereocenters. The zero-order valence-electron chi connectivity index (χ0n) is 14.5. The number of carbonyl (C=O) groups is 1. The van der Waals surface area contributed by atoms with Gasteiger partial charge in [-0.25, -0.2) is 0 Å². The normalized spacial score (nSPS) is 18.2. The Kier molecular flexibility index (Phi) is 15.4. The van der Waals surface area contributed by atoms with Gasteiger partial charge in [0, 0.05) is 0 Å². The van der Waals surface area contributed by atoms with Gasteiger partial charge in [0.15, 0.2) is 0 Å². The SMILES string of the molecule is CC(CCB(O)O)CCC(CCN1CCCC1)C(N)C(=O)O.Cl.Cl. The lowest BCUT2D eigenvalue weighted by molar-refractivity contribution is -0.140. The van der Waals surface area contributed by atoms with Crippen molar-refractivity contribution in [2.45, 2.75) is 57.8 Å². The lowest BCUT2D eigenvalue weighted by Gasteiger charge is -2.25. The number of aliphatic carboxylic acids is 1. The molecule has 1 rings (SSSR count). The first-order chi connectivity index (χ1) is 10.4. The molecule has 0 radical (unpaired) electrons. The quantitative estimate of drug-likeness (QED) is 0.402. The van der Waals surface area contributed by atoms with Crippen LogP contribution in [0.15, 0.2) is 0 Å². The molecule has 1 saturated heterocycles. The maximum Gasteiger partial charge on any atom is 0.451 e. The third kappa shape index (κ3) is 10.7. The first kappa shape index (κ1) is 26.2. The maximum absolute atomic E-state index is 11.2. The summed E-state index contributed by atoms with van der Waals surface area (Å²) in [5.41, 5.74) is 5.86. The van der Waals surface area contributed by atoms with Crippen molar-refractivity contribution in [3.05, 3.63) is 0 Å². The van der Waals surface area contributed by atoms with Gasteiger partial charge < -0.3 is 25.8 Å². The van der Waals surface area contributed by atoms with Gasteiger partial charge in [-0.05, 0) is 63.5 Å². The van der Waals surface area contributed by atoms with Crippen LogP contribution < -0.4 is 5.73 Å². The number of hydrogen-bond acceptors (Lipinski definition) is 5. The number of rotatable bonds is 11. The summed E-state index contributed by atoms with van der Waals surface area (Å²) in [6.07, 6.45) is 6.04. The number of nitrogens with two attached hydrogens (primary N) is 1. The zero-order chi connectivity index (χ0) is 16.5. The van der Waals surface area contributed by atoms with Crippen LogP contribution in [-0.2, 0) is 4.79 Å². The lowest BCUT2D eigenvalue weighted by Crippen LogP contribution is -2.39. The Balaban J connectivity index is 0. The molecule has 1 aliphatic rings. The van der Waals surface area contributed by atoms with E-state index in [-0.39, 0.29) is 30.7 Å². The molecule has 1 aliphatic heterocycles. The molecule has 0 saturated carbocycles. The predicted octanol–water partition coefficient (Wildman–Crippen LogP) is 1.62. The lowest BCUT2D eigenvalue weighted by atomic mass is 9.79. The fourth-order valence-corrected chi connectivity index (χ4v) is 3.14. The molecular formula is C15H33BCl2N2O4. The molecule has 0 amide bonds. The third-order valence-corrected chi connectivity index (χ3v) is 4.76. The van der Waals surface area contributed by atoms with Gasteiger partial charge in [0.05, 0.1) is 0 Å². The molecule has 0 aliphatic carbocycles. The minimum absolute atomic E-state index is 0. The summed E-state index contributed by atoms with van der Waals surface area (Å²) in [6.45, 7) is 5.21. The van der Waals surface area contributed by atoms with Crippen molar-refractivity contribution in [3.63, 3.8) is 0 Å². The Bertz CT molecular complexity index is 335. The Morgan fingerprint density at radius 3 is 2.21 bits per heavy atom. The van der Waals surface area contributed by atoms with Gasteiger partial charge in [0.25, 0.3) is 0 Å². The van der Waals surface area contributed by atoms with Crippen molar-refractivity contribution in [3.8, 4) is 0 Å². The first-order valence-electron chi connectivity index (χ1n) is 8.47. The van der Waals surface area contributed by atoms with E-state index in [4.69, 9.17) is 15.8 Å². The summed E-state index contributed by atoms with van der Waals surface area (Å²) < 4.78 is 0. The molecule has 0 spiro atoms. The van der Waals surface area contributed by atoms with Crippen molar-refractivity contribution in [1.82, 2.24) is 4.90 Å². The molecule has 5 N–H and O–H groups in total. The van der Waals surface area contributed by atoms with Gasteiger partial charge in [-0.2, -0.15) is 0 Å². The van der Waals surface area contributed by atoms with E-state index >= 15 is 0 Å². The van der Waals surface area contributed by atoms with Crippen LogP contribution in [0.1, 0.15) is 45.4 Å². The molecule has 24 heavy (non-hydrogen) atoms. The molecule has 9 heteroatoms. The summed E-state index contributed by atoms with van der Waals surface area (Å²) in [5, 5.41) is 27.0. The van der Waals surface area contributed by atoms with Gasteiger partial charge in [-0.1, -0.05) is 19.8 Å². The topological polar surface area (TPSA) is 107 Å². The van der Waals surface area contributed by atoms with Crippen LogP contribution >= 0.6 is 24.8 Å². The molecule has 0 aromatic heterocycles. The fraction of sp³-hybridized carbons (Fsp3) is 0.933. The van der Waals surface area contributed by atoms with Crippen molar-refractivity contribution in [2.75, 3.05) is 19.6 Å². The molecule has 0 aromatic carbocycles. The van der Waals surface area contributed by atoms with Crippen LogP contribution in [0.4, 0.5) is 0 Å². The molecule has 1 heterocycles. The van der Waals surface area contributed by atoms with Gasteiger partial charge in [0.2, 0.25) is 0 Å². The van der Waals surface area contributed by atoms with E-state index in [1.807, 2.05) is 0 Å². The minimum Gasteiger partial charge on any atom is -0.480 e. The van der Waals surface area contributed by atoms with Gasteiger partial charge in [-0.3, -0.25) is 4.79 Å². The van der Waals surface area contributed by atoms with Crippen molar-refractivity contribution in [1.29, 1.82) is 0 Å². The van der Waals surface area contributed by atoms with E-state index in [9.17, 15) is 9.90 Å². The summed E-state index contributed by atoms with van der Waals surface area (Å²) in [6, 6.07) is -0.807. The largest absolute Gasteiger partial charge is 0.480 e. The minimum atomic E-state index is -1.25. The number of carboxylic acids is 1. The van der Waals surface area contributed by atoms with E-state index in [1.54, 1.807) is 0 Å². The second-order valence-electron chi connectivity index (χ2n) is 6.70. The highest BCUT2D eigenvalue weighted by Gasteiger charge is 2.25. The van der Waals surface area contributed by atoms with Crippen LogP contribution in [0.3, 0.4) is 0 Å². The fourth-order valence-electron chi connectivity index (χ4n) is 3.14. The molecule has 6 nitrogen and oxygen atoms in total. The van der Waals surface area contributed by atoms with Crippen molar-refractivity contribution in [2.24, 2.45) is 17.6 Å². The number of nitrogens with zero attached hydrogens (tertiary/aromatic N) is 1. The van der Waals surface area contributed by atoms with E-state index in [1.165, 1.54) is 12.8 Å². The highest BCUT2D eigenvalue weighted by atomic mass is 35.5. The van der Waals surface area contributed by atoms with Crippen LogP contribution in [-0.4, -0.2) is 58.8 Å². The summed E-state index contributed by atoms with van der Waals surface area (Å²) >= 11 is 0. The van der Waals surface area contributed by atoms with Crippen molar-refractivity contribution < 1.29 is 19.9 Å². The highest BCUT2D eigenvalue weighted by molar-refractivity contribution is 6.40. The average molecular weight is 387 g/mol. The highest BCUT2D eigenvalue weighted by Crippen LogP contribution is 2.23. The molecule has 0 bridgehead atoms. The van der Waals surface area contributed by atoms with E-state index in [0.29, 0.717) is 12.2 Å². The number of likely N-dealkylation sites (tertiary alicyclic amines) is 1. The summed E-state index contributed by atoms with van der Waals surface area (Å²) in [7, 11) is -1.25.